The van der Waals surface area contributed by atoms with Gasteiger partial charge in [0.25, 0.3) is 0 Å². The second-order valence-corrected chi connectivity index (χ2v) is 6.00. The lowest BCUT2D eigenvalue weighted by Gasteiger charge is -2.43. The first kappa shape index (κ1) is 14.1. The Hall–Kier alpha value is -1.90. The fourth-order valence-electron chi connectivity index (χ4n) is 3.82. The normalized spacial score (nSPS) is 30.1. The van der Waals surface area contributed by atoms with Crippen molar-refractivity contribution in [2.24, 2.45) is 23.7 Å². The molecule has 110 valence electrons. The molecular weight excluding hydrogens is 264 g/mol. The summed E-state index contributed by atoms with van der Waals surface area (Å²) >= 11 is 0. The first-order valence-electron chi connectivity index (χ1n) is 7.55. The van der Waals surface area contributed by atoms with Crippen molar-refractivity contribution < 1.29 is 14.3 Å². The van der Waals surface area contributed by atoms with Crippen LogP contribution in [0.4, 0.5) is 0 Å². The van der Waals surface area contributed by atoms with Gasteiger partial charge in [-0.15, -0.1) is 0 Å². The minimum atomic E-state index is -0.167. The third-order valence-electron chi connectivity index (χ3n) is 4.90. The van der Waals surface area contributed by atoms with E-state index in [9.17, 15) is 9.59 Å². The van der Waals surface area contributed by atoms with Gasteiger partial charge < -0.3 is 4.74 Å². The Balaban J connectivity index is 1.81. The Labute approximate surface area is 125 Å². The SMILES string of the molecule is COC(=O)C1C2C=CC(CC2)C1CC(=O)c1ccccc1. The summed E-state index contributed by atoms with van der Waals surface area (Å²) in [6, 6.07) is 9.33. The summed E-state index contributed by atoms with van der Waals surface area (Å²) in [5.74, 6) is 0.429. The molecule has 0 radical (unpaired) electrons. The predicted molar refractivity (Wildman–Crippen MR) is 79.7 cm³/mol. The number of allylic oxidation sites excluding steroid dienone is 2. The summed E-state index contributed by atoms with van der Waals surface area (Å²) < 4.78 is 4.98. The van der Waals surface area contributed by atoms with Crippen LogP contribution in [-0.2, 0) is 9.53 Å². The average Bonchev–Trinajstić information content (AvgIpc) is 2.56. The van der Waals surface area contributed by atoms with Crippen molar-refractivity contribution in [3.63, 3.8) is 0 Å². The number of Topliss-reactive ketones (excluding diaryl/α,β-unsaturated/α-hetero) is 1. The highest BCUT2D eigenvalue weighted by Crippen LogP contribution is 2.47. The van der Waals surface area contributed by atoms with Crippen molar-refractivity contribution in [2.45, 2.75) is 19.3 Å². The molecule has 1 aromatic rings. The van der Waals surface area contributed by atoms with Crippen molar-refractivity contribution in [3.05, 3.63) is 48.0 Å². The summed E-state index contributed by atoms with van der Waals surface area (Å²) in [4.78, 5) is 24.6. The van der Waals surface area contributed by atoms with E-state index in [-0.39, 0.29) is 29.5 Å². The fourth-order valence-corrected chi connectivity index (χ4v) is 3.82. The number of methoxy groups -OCH3 is 1. The van der Waals surface area contributed by atoms with Gasteiger partial charge in [0, 0.05) is 12.0 Å². The molecule has 3 aliphatic rings. The summed E-state index contributed by atoms with van der Waals surface area (Å²) in [5, 5.41) is 0. The molecule has 0 aliphatic heterocycles. The lowest BCUT2D eigenvalue weighted by molar-refractivity contribution is -0.151. The van der Waals surface area contributed by atoms with E-state index >= 15 is 0 Å². The Bertz CT molecular complexity index is 561. The van der Waals surface area contributed by atoms with Gasteiger partial charge in [0.2, 0.25) is 0 Å². The van der Waals surface area contributed by atoms with E-state index in [0.717, 1.165) is 18.4 Å². The maximum absolute atomic E-state index is 12.5. The molecule has 4 rings (SSSR count). The van der Waals surface area contributed by atoms with Crippen LogP contribution >= 0.6 is 0 Å². The highest BCUT2D eigenvalue weighted by molar-refractivity contribution is 5.96. The number of rotatable bonds is 4. The monoisotopic (exact) mass is 284 g/mol. The number of fused-ring (bicyclic) bond motifs is 2. The summed E-state index contributed by atoms with van der Waals surface area (Å²) in [6.07, 6.45) is 6.85. The molecular formula is C18H20O3. The van der Waals surface area contributed by atoms with Gasteiger partial charge in [-0.1, -0.05) is 42.5 Å². The number of carbonyl (C=O) groups is 2. The van der Waals surface area contributed by atoms with Crippen LogP contribution in [0.2, 0.25) is 0 Å². The maximum atomic E-state index is 12.5. The molecule has 0 aromatic heterocycles. The molecule has 0 spiro atoms. The van der Waals surface area contributed by atoms with Crippen LogP contribution in [0, 0.1) is 23.7 Å². The first-order chi connectivity index (χ1) is 10.2. The fraction of sp³-hybridized carbons (Fsp3) is 0.444. The second kappa shape index (κ2) is 5.84. The van der Waals surface area contributed by atoms with Gasteiger partial charge in [0.1, 0.15) is 0 Å². The van der Waals surface area contributed by atoms with E-state index in [4.69, 9.17) is 4.74 Å². The van der Waals surface area contributed by atoms with Crippen LogP contribution in [0.1, 0.15) is 29.6 Å². The van der Waals surface area contributed by atoms with Gasteiger partial charge in [-0.2, -0.15) is 0 Å². The summed E-state index contributed by atoms with van der Waals surface area (Å²) in [7, 11) is 1.43. The molecule has 0 N–H and O–H groups in total. The standard InChI is InChI=1S/C18H20O3/c1-21-18(20)17-14-9-7-12(8-10-14)15(17)11-16(19)13-5-3-2-4-6-13/h2-7,9,12,14-15,17H,8,10-11H2,1H3. The van der Waals surface area contributed by atoms with E-state index in [1.54, 1.807) is 0 Å². The molecule has 0 saturated heterocycles. The number of hydrogen-bond donors (Lipinski definition) is 0. The van der Waals surface area contributed by atoms with Crippen LogP contribution in [0.15, 0.2) is 42.5 Å². The van der Waals surface area contributed by atoms with Gasteiger partial charge in [-0.3, -0.25) is 9.59 Å². The van der Waals surface area contributed by atoms with E-state index in [1.807, 2.05) is 30.3 Å². The molecule has 21 heavy (non-hydrogen) atoms. The number of esters is 1. The van der Waals surface area contributed by atoms with Crippen molar-refractivity contribution in [3.8, 4) is 0 Å². The average molecular weight is 284 g/mol. The lowest BCUT2D eigenvalue weighted by Crippen LogP contribution is -2.42. The second-order valence-electron chi connectivity index (χ2n) is 6.00. The largest absolute Gasteiger partial charge is 0.469 e. The zero-order chi connectivity index (χ0) is 14.8. The zero-order valence-corrected chi connectivity index (χ0v) is 12.2. The molecule has 3 aliphatic carbocycles. The maximum Gasteiger partial charge on any atom is 0.309 e. The van der Waals surface area contributed by atoms with Gasteiger partial charge in [0.15, 0.2) is 5.78 Å². The number of hydrogen-bond acceptors (Lipinski definition) is 3. The van der Waals surface area contributed by atoms with Crippen LogP contribution < -0.4 is 0 Å². The van der Waals surface area contributed by atoms with Crippen molar-refractivity contribution >= 4 is 11.8 Å². The minimum Gasteiger partial charge on any atom is -0.469 e. The van der Waals surface area contributed by atoms with Crippen molar-refractivity contribution in [1.29, 1.82) is 0 Å². The summed E-state index contributed by atoms with van der Waals surface area (Å²) in [5.41, 5.74) is 0.728. The third-order valence-corrected chi connectivity index (χ3v) is 4.90. The molecule has 4 atom stereocenters. The zero-order valence-electron chi connectivity index (χ0n) is 12.2. The van der Waals surface area contributed by atoms with Crippen molar-refractivity contribution in [1.82, 2.24) is 0 Å². The molecule has 1 aromatic carbocycles. The molecule has 3 heteroatoms. The molecule has 3 nitrogen and oxygen atoms in total. The van der Waals surface area contributed by atoms with Crippen LogP contribution in [0.5, 0.6) is 0 Å². The molecule has 2 bridgehead atoms. The topological polar surface area (TPSA) is 43.4 Å². The Morgan fingerprint density at radius 3 is 2.38 bits per heavy atom. The number of ketones is 1. The Morgan fingerprint density at radius 2 is 1.76 bits per heavy atom. The van der Waals surface area contributed by atoms with Crippen LogP contribution in [0.3, 0.4) is 0 Å². The van der Waals surface area contributed by atoms with Crippen LogP contribution in [-0.4, -0.2) is 18.9 Å². The molecule has 4 unspecified atom stereocenters. The van der Waals surface area contributed by atoms with Gasteiger partial charge in [-0.25, -0.2) is 0 Å². The van der Waals surface area contributed by atoms with Gasteiger partial charge in [-0.05, 0) is 30.6 Å². The highest BCUT2D eigenvalue weighted by Gasteiger charge is 2.45. The molecule has 0 heterocycles. The van der Waals surface area contributed by atoms with E-state index in [0.29, 0.717) is 12.3 Å². The predicted octanol–water partition coefficient (Wildman–Crippen LogP) is 3.26. The summed E-state index contributed by atoms with van der Waals surface area (Å²) in [6.45, 7) is 0. The Kier molecular flexibility index (Phi) is 3.91. The molecule has 1 fully saturated rings. The third kappa shape index (κ3) is 2.65. The van der Waals surface area contributed by atoms with Gasteiger partial charge >= 0.3 is 5.97 Å². The lowest BCUT2D eigenvalue weighted by atomic mass is 9.61. The Morgan fingerprint density at radius 1 is 1.10 bits per heavy atom. The number of benzene rings is 1. The molecule has 0 amide bonds. The highest BCUT2D eigenvalue weighted by atomic mass is 16.5. The quantitative estimate of drug-likeness (QED) is 0.484. The number of ether oxygens (including phenoxy) is 1. The van der Waals surface area contributed by atoms with E-state index in [2.05, 4.69) is 12.2 Å². The van der Waals surface area contributed by atoms with E-state index < -0.39 is 0 Å². The smallest absolute Gasteiger partial charge is 0.309 e. The van der Waals surface area contributed by atoms with Gasteiger partial charge in [0.05, 0.1) is 13.0 Å². The van der Waals surface area contributed by atoms with Crippen molar-refractivity contribution in [2.75, 3.05) is 7.11 Å². The number of carbonyl (C=O) groups excluding carboxylic acids is 2. The molecule has 1 saturated carbocycles. The first-order valence-corrected chi connectivity index (χ1v) is 7.55. The van der Waals surface area contributed by atoms with Crippen LogP contribution in [0.25, 0.3) is 0 Å². The minimum absolute atomic E-state index is 0.0777. The van der Waals surface area contributed by atoms with E-state index in [1.165, 1.54) is 7.11 Å².